The Balaban J connectivity index is 0.000000847. The number of anilines is 1. The van der Waals surface area contributed by atoms with Crippen LogP contribution >= 0.6 is 0 Å². The number of allylic oxidation sites excluding steroid dienone is 8. The summed E-state index contributed by atoms with van der Waals surface area (Å²) in [6, 6.07) is 10.6. The van der Waals surface area contributed by atoms with E-state index in [2.05, 4.69) is 83.8 Å². The molecule has 2 aliphatic rings. The smallest absolute Gasteiger partial charge is 0.0461 e. The van der Waals surface area contributed by atoms with Crippen LogP contribution in [0.15, 0.2) is 90.3 Å². The van der Waals surface area contributed by atoms with Gasteiger partial charge in [0.25, 0.3) is 0 Å². The number of nitrogens with zero attached hydrogens (tertiary/aromatic N) is 1. The summed E-state index contributed by atoms with van der Waals surface area (Å²) in [5.74, 6) is 0. The second kappa shape index (κ2) is 8.89. The third-order valence-electron chi connectivity index (χ3n) is 3.47. The molecule has 1 aromatic carbocycles. The Kier molecular flexibility index (Phi) is 6.50. The van der Waals surface area contributed by atoms with Gasteiger partial charge in [0.2, 0.25) is 0 Å². The Morgan fingerprint density at radius 1 is 0.818 bits per heavy atom. The molecule has 0 N–H and O–H groups in total. The van der Waals surface area contributed by atoms with Crippen LogP contribution in [0.2, 0.25) is 0 Å². The Labute approximate surface area is 134 Å². The van der Waals surface area contributed by atoms with Gasteiger partial charge in [0.1, 0.15) is 0 Å². The molecule has 1 heteroatoms. The van der Waals surface area contributed by atoms with Crippen molar-refractivity contribution in [3.8, 4) is 0 Å². The fourth-order valence-electron chi connectivity index (χ4n) is 2.51. The molecule has 1 nitrogen and oxygen atoms in total. The maximum atomic E-state index is 2.32. The molecule has 0 fully saturated rings. The van der Waals surface area contributed by atoms with Crippen molar-refractivity contribution in [3.63, 3.8) is 0 Å². The van der Waals surface area contributed by atoms with Gasteiger partial charge < -0.3 is 4.90 Å². The predicted molar refractivity (Wildman–Crippen MR) is 97.7 cm³/mol. The molecule has 0 spiro atoms. The lowest BCUT2D eigenvalue weighted by atomic mass is 10.1. The molecule has 0 aliphatic heterocycles. The first-order valence-corrected chi connectivity index (χ1v) is 8.20. The lowest BCUT2D eigenvalue weighted by Gasteiger charge is -2.28. The van der Waals surface area contributed by atoms with Crippen LogP contribution in [-0.2, 0) is 0 Å². The Bertz CT molecular complexity index is 600. The SMILES string of the molecule is C1=CCC=CC(N(C2=CCCC=C2)c2ccccc2)=C1.CC. The van der Waals surface area contributed by atoms with Crippen LogP contribution < -0.4 is 4.90 Å². The van der Waals surface area contributed by atoms with Crippen molar-refractivity contribution in [2.24, 2.45) is 0 Å². The molecule has 0 aromatic heterocycles. The molecule has 22 heavy (non-hydrogen) atoms. The highest BCUT2D eigenvalue weighted by atomic mass is 15.1. The van der Waals surface area contributed by atoms with E-state index >= 15 is 0 Å². The van der Waals surface area contributed by atoms with Gasteiger partial charge in [-0.1, -0.05) is 62.4 Å². The first-order chi connectivity index (χ1) is 10.9. The van der Waals surface area contributed by atoms with Crippen molar-refractivity contribution < 1.29 is 0 Å². The summed E-state index contributed by atoms with van der Waals surface area (Å²) in [4.78, 5) is 2.32. The Morgan fingerprint density at radius 3 is 2.32 bits per heavy atom. The molecule has 3 rings (SSSR count). The Morgan fingerprint density at radius 2 is 1.59 bits per heavy atom. The zero-order chi connectivity index (χ0) is 15.6. The van der Waals surface area contributed by atoms with Gasteiger partial charge in [-0.2, -0.15) is 0 Å². The number of hydrogen-bond donors (Lipinski definition) is 0. The third kappa shape index (κ3) is 4.11. The number of para-hydroxylation sites is 1. The van der Waals surface area contributed by atoms with Crippen LogP contribution in [0.25, 0.3) is 0 Å². The van der Waals surface area contributed by atoms with Gasteiger partial charge in [-0.3, -0.25) is 0 Å². The average molecular weight is 291 g/mol. The molecule has 114 valence electrons. The van der Waals surface area contributed by atoms with Gasteiger partial charge in [-0.05, 0) is 49.6 Å². The molecule has 0 unspecified atom stereocenters. The summed E-state index contributed by atoms with van der Waals surface area (Å²) in [6.07, 6.45) is 20.9. The van der Waals surface area contributed by atoms with E-state index < -0.39 is 0 Å². The largest absolute Gasteiger partial charge is 0.311 e. The van der Waals surface area contributed by atoms with E-state index in [1.54, 1.807) is 0 Å². The zero-order valence-corrected chi connectivity index (χ0v) is 13.6. The molecule has 0 amide bonds. The minimum Gasteiger partial charge on any atom is -0.311 e. The van der Waals surface area contributed by atoms with Crippen LogP contribution in [0.4, 0.5) is 5.69 Å². The standard InChI is InChI=1S/C19H19N.C2H6/c1-2-6-12-17(11-5-1)20(18-13-7-3-8-14-18)19-15-9-4-10-16-19;1-2/h1,3,5-9,11-16H,2,4,10H2;1-2H3. The van der Waals surface area contributed by atoms with Gasteiger partial charge >= 0.3 is 0 Å². The van der Waals surface area contributed by atoms with Crippen LogP contribution in [0.5, 0.6) is 0 Å². The van der Waals surface area contributed by atoms with Crippen molar-refractivity contribution in [2.45, 2.75) is 33.1 Å². The van der Waals surface area contributed by atoms with Gasteiger partial charge in [0.15, 0.2) is 0 Å². The summed E-state index contributed by atoms with van der Waals surface area (Å²) in [7, 11) is 0. The minimum absolute atomic E-state index is 0.998. The highest BCUT2D eigenvalue weighted by molar-refractivity contribution is 5.63. The molecule has 0 atom stereocenters. The molecular weight excluding hydrogens is 266 g/mol. The molecule has 0 saturated heterocycles. The monoisotopic (exact) mass is 291 g/mol. The van der Waals surface area contributed by atoms with Gasteiger partial charge in [0.05, 0.1) is 0 Å². The van der Waals surface area contributed by atoms with Crippen LogP contribution in [0.1, 0.15) is 33.1 Å². The maximum absolute atomic E-state index is 2.32. The van der Waals surface area contributed by atoms with Crippen molar-refractivity contribution >= 4 is 5.69 Å². The topological polar surface area (TPSA) is 3.24 Å². The molecule has 0 radical (unpaired) electrons. The second-order valence-corrected chi connectivity index (χ2v) is 4.94. The third-order valence-corrected chi connectivity index (χ3v) is 3.47. The highest BCUT2D eigenvalue weighted by Gasteiger charge is 2.14. The second-order valence-electron chi connectivity index (χ2n) is 4.94. The van der Waals surface area contributed by atoms with Gasteiger partial charge in [-0.15, -0.1) is 0 Å². The van der Waals surface area contributed by atoms with E-state index in [4.69, 9.17) is 0 Å². The molecule has 1 aromatic rings. The average Bonchev–Trinajstić information content (AvgIpc) is 2.88. The number of benzene rings is 1. The summed E-state index contributed by atoms with van der Waals surface area (Å²) in [5, 5.41) is 0. The fraction of sp³-hybridized carbons (Fsp3) is 0.238. The zero-order valence-electron chi connectivity index (χ0n) is 13.6. The normalized spacial score (nSPS) is 16.1. The minimum atomic E-state index is 0.998. The summed E-state index contributed by atoms with van der Waals surface area (Å²) in [6.45, 7) is 4.00. The van der Waals surface area contributed by atoms with Crippen molar-refractivity contribution in [1.82, 2.24) is 0 Å². The summed E-state index contributed by atoms with van der Waals surface area (Å²) < 4.78 is 0. The molecule has 0 saturated carbocycles. The van der Waals surface area contributed by atoms with E-state index in [-0.39, 0.29) is 0 Å². The molecule has 0 heterocycles. The predicted octanol–water partition coefficient (Wildman–Crippen LogP) is 6.15. The van der Waals surface area contributed by atoms with Crippen LogP contribution in [0.3, 0.4) is 0 Å². The van der Waals surface area contributed by atoms with E-state index in [0.29, 0.717) is 0 Å². The van der Waals surface area contributed by atoms with Crippen LogP contribution in [-0.4, -0.2) is 0 Å². The lowest BCUT2D eigenvalue weighted by molar-refractivity contribution is 0.986. The summed E-state index contributed by atoms with van der Waals surface area (Å²) >= 11 is 0. The number of rotatable bonds is 3. The van der Waals surface area contributed by atoms with Gasteiger partial charge in [0, 0.05) is 17.1 Å². The first kappa shape index (κ1) is 16.1. The molecule has 2 aliphatic carbocycles. The van der Waals surface area contributed by atoms with E-state index in [9.17, 15) is 0 Å². The Hall–Kier alpha value is -2.28. The van der Waals surface area contributed by atoms with Crippen molar-refractivity contribution in [3.05, 3.63) is 90.3 Å². The first-order valence-electron chi connectivity index (χ1n) is 8.20. The lowest BCUT2D eigenvalue weighted by Crippen LogP contribution is -2.20. The quantitative estimate of drug-likeness (QED) is 0.645. The fourth-order valence-corrected chi connectivity index (χ4v) is 2.51. The maximum Gasteiger partial charge on any atom is 0.0461 e. The highest BCUT2D eigenvalue weighted by Crippen LogP contribution is 2.28. The van der Waals surface area contributed by atoms with E-state index in [1.165, 1.54) is 17.1 Å². The summed E-state index contributed by atoms with van der Waals surface area (Å²) in [5.41, 5.74) is 3.67. The molecular formula is C21H25N. The molecule has 0 bridgehead atoms. The van der Waals surface area contributed by atoms with Crippen LogP contribution in [0, 0.1) is 0 Å². The van der Waals surface area contributed by atoms with Gasteiger partial charge in [-0.25, -0.2) is 0 Å². The van der Waals surface area contributed by atoms with E-state index in [0.717, 1.165) is 19.3 Å². The van der Waals surface area contributed by atoms with E-state index in [1.807, 2.05) is 13.8 Å². The van der Waals surface area contributed by atoms with Crippen molar-refractivity contribution in [1.29, 1.82) is 0 Å². The number of hydrogen-bond acceptors (Lipinski definition) is 1. The van der Waals surface area contributed by atoms with Crippen molar-refractivity contribution in [2.75, 3.05) is 4.90 Å².